The molecule has 0 bridgehead atoms. The predicted octanol–water partition coefficient (Wildman–Crippen LogP) is 4.02. The minimum Gasteiger partial charge on any atom is -0.508 e. The van der Waals surface area contributed by atoms with E-state index in [4.69, 9.17) is 4.98 Å². The van der Waals surface area contributed by atoms with Crippen LogP contribution < -0.4 is 0 Å². The van der Waals surface area contributed by atoms with E-state index in [0.717, 1.165) is 42.4 Å². The first kappa shape index (κ1) is 20.6. The topological polar surface area (TPSA) is 79.2 Å². The van der Waals surface area contributed by atoms with Crippen LogP contribution in [0.4, 0.5) is 4.39 Å². The van der Waals surface area contributed by atoms with Crippen LogP contribution in [0.3, 0.4) is 0 Å². The molecule has 2 aliphatic rings. The van der Waals surface area contributed by atoms with Gasteiger partial charge in [-0.25, -0.2) is 14.4 Å². The molecule has 3 heterocycles. The Morgan fingerprint density at radius 1 is 1.21 bits per heavy atom. The lowest BCUT2D eigenvalue weighted by molar-refractivity contribution is 0.246. The number of rotatable bonds is 3. The van der Waals surface area contributed by atoms with Crippen LogP contribution in [0.1, 0.15) is 18.5 Å². The van der Waals surface area contributed by atoms with Gasteiger partial charge < -0.3 is 10.0 Å². The van der Waals surface area contributed by atoms with E-state index < -0.39 is 16.6 Å². The summed E-state index contributed by atoms with van der Waals surface area (Å²) < 4.78 is 28.5. The third kappa shape index (κ3) is 3.15. The Bertz CT molecular complexity index is 1480. The molecule has 3 unspecified atom stereocenters. The highest BCUT2D eigenvalue weighted by Crippen LogP contribution is 2.59. The Balaban J connectivity index is 1.61. The van der Waals surface area contributed by atoms with Crippen molar-refractivity contribution in [1.82, 2.24) is 19.9 Å². The first-order chi connectivity index (χ1) is 15.9. The number of likely N-dealkylation sites (tertiary alicyclic amines) is 1. The number of aromatic nitrogens is 3. The van der Waals surface area contributed by atoms with Gasteiger partial charge in [0.05, 0.1) is 16.5 Å². The molecule has 1 saturated heterocycles. The highest BCUT2D eigenvalue weighted by Gasteiger charge is 2.59. The van der Waals surface area contributed by atoms with Crippen LogP contribution in [0.2, 0.25) is 0 Å². The quantitative estimate of drug-likeness (QED) is 0.464. The van der Waals surface area contributed by atoms with Crippen LogP contribution in [0, 0.1) is 11.7 Å². The van der Waals surface area contributed by atoms with Gasteiger partial charge >= 0.3 is 0 Å². The highest BCUT2D eigenvalue weighted by atomic mass is 32.2. The van der Waals surface area contributed by atoms with Gasteiger partial charge in [0.1, 0.15) is 17.0 Å². The van der Waals surface area contributed by atoms with Gasteiger partial charge in [-0.15, -0.1) is 0 Å². The van der Waals surface area contributed by atoms with E-state index >= 15 is 4.39 Å². The van der Waals surface area contributed by atoms with Gasteiger partial charge in [-0.2, -0.15) is 0 Å². The van der Waals surface area contributed by atoms with Crippen LogP contribution in [0.15, 0.2) is 47.8 Å². The summed E-state index contributed by atoms with van der Waals surface area (Å²) in [6.07, 6.45) is 5.08. The van der Waals surface area contributed by atoms with Crippen molar-refractivity contribution < 1.29 is 13.7 Å². The fraction of sp³-hybridized carbons (Fsp3) is 0.320. The number of hydrogen-bond donors (Lipinski definition) is 1. The Kier molecular flexibility index (Phi) is 4.54. The zero-order valence-corrected chi connectivity index (χ0v) is 19.2. The summed E-state index contributed by atoms with van der Waals surface area (Å²) in [5, 5.41) is 12.6. The highest BCUT2D eigenvalue weighted by molar-refractivity contribution is 7.84. The first-order valence-corrected chi connectivity index (χ1v) is 12.5. The van der Waals surface area contributed by atoms with Crippen LogP contribution in [0.25, 0.3) is 32.9 Å². The summed E-state index contributed by atoms with van der Waals surface area (Å²) >= 11 is 0. The molecule has 0 amide bonds. The number of pyridine rings is 1. The zero-order chi connectivity index (χ0) is 22.9. The average Bonchev–Trinajstić information content (AvgIpc) is 3.52. The van der Waals surface area contributed by atoms with Gasteiger partial charge in [-0.1, -0.05) is 24.3 Å². The smallest absolute Gasteiger partial charge is 0.219 e. The maximum atomic E-state index is 16.1. The maximum absolute atomic E-state index is 16.1. The number of nitrogens with zero attached hydrogens (tertiary/aromatic N) is 4. The molecule has 0 spiro atoms. The molecule has 168 valence electrons. The minimum absolute atomic E-state index is 0.0368. The molecule has 33 heavy (non-hydrogen) atoms. The lowest BCUT2D eigenvalue weighted by Crippen LogP contribution is -2.34. The molecule has 6 nitrogen and oxygen atoms in total. The average molecular weight is 463 g/mol. The second-order valence-corrected chi connectivity index (χ2v) is 10.5. The van der Waals surface area contributed by atoms with Gasteiger partial charge in [0.2, 0.25) is 5.16 Å². The van der Waals surface area contributed by atoms with Gasteiger partial charge in [0, 0.05) is 35.4 Å². The summed E-state index contributed by atoms with van der Waals surface area (Å²) in [6.45, 7) is 1.91. The van der Waals surface area contributed by atoms with Crippen molar-refractivity contribution in [1.29, 1.82) is 0 Å². The SMILES string of the molecule is CN1CCC2(c3nc(S(C)=O)nc4c(F)c(-c5cc(O)cc6ccccc56)ncc34)CC2C1. The monoisotopic (exact) mass is 462 g/mol. The number of hydrogen-bond acceptors (Lipinski definition) is 6. The molecule has 1 saturated carbocycles. The molecule has 2 aromatic carbocycles. The molecular formula is C25H23FN4O2S. The largest absolute Gasteiger partial charge is 0.508 e. The van der Waals surface area contributed by atoms with E-state index in [2.05, 4.69) is 21.9 Å². The van der Waals surface area contributed by atoms with Crippen LogP contribution in [-0.4, -0.2) is 55.6 Å². The van der Waals surface area contributed by atoms with Crippen molar-refractivity contribution in [2.24, 2.45) is 5.92 Å². The summed E-state index contributed by atoms with van der Waals surface area (Å²) in [7, 11) is 0.660. The summed E-state index contributed by atoms with van der Waals surface area (Å²) in [4.78, 5) is 15.9. The van der Waals surface area contributed by atoms with Crippen LogP contribution >= 0.6 is 0 Å². The number of piperidine rings is 1. The van der Waals surface area contributed by atoms with E-state index in [1.807, 2.05) is 24.3 Å². The molecule has 6 rings (SSSR count). The normalized spacial score (nSPS) is 23.5. The fourth-order valence-electron chi connectivity index (χ4n) is 5.42. The van der Waals surface area contributed by atoms with Gasteiger partial charge in [-0.3, -0.25) is 9.19 Å². The van der Waals surface area contributed by atoms with Gasteiger partial charge in [0.25, 0.3) is 0 Å². The third-order valence-electron chi connectivity index (χ3n) is 7.20. The van der Waals surface area contributed by atoms with Gasteiger partial charge in [0.15, 0.2) is 5.82 Å². The molecule has 3 atom stereocenters. The van der Waals surface area contributed by atoms with E-state index in [9.17, 15) is 9.32 Å². The molecule has 4 aromatic rings. The molecule has 1 aliphatic heterocycles. The summed E-state index contributed by atoms with van der Waals surface area (Å²) in [5.41, 5.74) is 1.39. The molecule has 1 N–H and O–H groups in total. The molecule has 1 aliphatic carbocycles. The minimum atomic E-state index is -1.45. The number of benzene rings is 2. The molecule has 8 heteroatoms. The molecule has 0 radical (unpaired) electrons. The van der Waals surface area contributed by atoms with Crippen molar-refractivity contribution in [2.75, 3.05) is 26.4 Å². The lowest BCUT2D eigenvalue weighted by Gasteiger charge is -2.29. The second-order valence-electron chi connectivity index (χ2n) is 9.28. The number of aromatic hydroxyl groups is 1. The summed E-state index contributed by atoms with van der Waals surface area (Å²) in [6, 6.07) is 10.6. The summed E-state index contributed by atoms with van der Waals surface area (Å²) in [5.74, 6) is -0.0971. The zero-order valence-electron chi connectivity index (χ0n) is 18.4. The maximum Gasteiger partial charge on any atom is 0.219 e. The Labute approximate surface area is 193 Å². The molecular weight excluding hydrogens is 439 g/mol. The van der Waals surface area contributed by atoms with Crippen molar-refractivity contribution in [3.63, 3.8) is 0 Å². The standard InChI is InChI=1S/C25H23FN4O2S/c1-30-8-7-25(11-15(25)13-30)23-19-12-27-21(20(26)22(19)28-24(29-23)33(2)32)18-10-16(31)9-14-5-3-4-6-17(14)18/h3-6,9-10,12,15,31H,7-8,11,13H2,1-2H3. The Hall–Kier alpha value is -2.97. The van der Waals surface area contributed by atoms with E-state index in [-0.39, 0.29) is 27.5 Å². The van der Waals surface area contributed by atoms with E-state index in [0.29, 0.717) is 16.9 Å². The lowest BCUT2D eigenvalue weighted by atomic mass is 9.89. The molecule has 2 fully saturated rings. The fourth-order valence-corrected chi connectivity index (χ4v) is 5.86. The Morgan fingerprint density at radius 2 is 2.03 bits per heavy atom. The van der Waals surface area contributed by atoms with Gasteiger partial charge in [-0.05, 0) is 55.3 Å². The molecule has 2 aromatic heterocycles. The van der Waals surface area contributed by atoms with Crippen molar-refractivity contribution >= 4 is 32.5 Å². The number of halogens is 1. The second kappa shape index (κ2) is 7.27. The van der Waals surface area contributed by atoms with Crippen LogP contribution in [0.5, 0.6) is 5.75 Å². The third-order valence-corrected chi connectivity index (χ3v) is 7.89. The predicted molar refractivity (Wildman–Crippen MR) is 126 cm³/mol. The van der Waals surface area contributed by atoms with Crippen molar-refractivity contribution in [3.05, 3.63) is 54.1 Å². The number of phenols is 1. The van der Waals surface area contributed by atoms with E-state index in [1.165, 1.54) is 12.3 Å². The number of phenolic OH excluding ortho intramolecular Hbond substituents is 1. The Morgan fingerprint density at radius 3 is 2.82 bits per heavy atom. The van der Waals surface area contributed by atoms with Crippen molar-refractivity contribution in [2.45, 2.75) is 23.4 Å². The van der Waals surface area contributed by atoms with Crippen LogP contribution in [-0.2, 0) is 16.2 Å². The number of fused-ring (bicyclic) bond motifs is 3. The van der Waals surface area contributed by atoms with Crippen molar-refractivity contribution in [3.8, 4) is 17.0 Å². The van der Waals surface area contributed by atoms with E-state index in [1.54, 1.807) is 12.3 Å². The first-order valence-electron chi connectivity index (χ1n) is 11.0.